The summed E-state index contributed by atoms with van der Waals surface area (Å²) in [5.41, 5.74) is 4.54. The van der Waals surface area contributed by atoms with Gasteiger partial charge in [-0.3, -0.25) is 4.79 Å². The molecule has 2 heterocycles. The summed E-state index contributed by atoms with van der Waals surface area (Å²) < 4.78 is 0. The molecule has 0 aliphatic carbocycles. The molecule has 0 atom stereocenters. The Morgan fingerprint density at radius 2 is 1.67 bits per heavy atom. The van der Waals surface area contributed by atoms with Gasteiger partial charge in [0, 0.05) is 49.4 Å². The number of hydrogen-bond donors (Lipinski definition) is 0. The Kier molecular flexibility index (Phi) is 9.28. The number of unbranched alkanes of at least 4 members (excludes halogenated alkanes) is 5. The highest BCUT2D eigenvalue weighted by Gasteiger charge is 2.26. The lowest BCUT2D eigenvalue weighted by Crippen LogP contribution is -2.49. The van der Waals surface area contributed by atoms with Crippen LogP contribution in [0.3, 0.4) is 0 Å². The zero-order valence-corrected chi connectivity index (χ0v) is 21.4. The summed E-state index contributed by atoms with van der Waals surface area (Å²) in [4.78, 5) is 27.0. The Balaban J connectivity index is 1.67. The van der Waals surface area contributed by atoms with E-state index in [0.29, 0.717) is 18.2 Å². The largest absolute Gasteiger partial charge is 0.353 e. The number of anilines is 1. The minimum Gasteiger partial charge on any atom is -0.353 e. The van der Waals surface area contributed by atoms with Gasteiger partial charge >= 0.3 is 0 Å². The van der Waals surface area contributed by atoms with Gasteiger partial charge in [-0.25, -0.2) is 9.97 Å². The number of benzene rings is 1. The number of nitrogens with zero attached hydrogens (tertiary/aromatic N) is 4. The van der Waals surface area contributed by atoms with E-state index in [-0.39, 0.29) is 0 Å². The highest BCUT2D eigenvalue weighted by Crippen LogP contribution is 2.31. The first-order valence-corrected chi connectivity index (χ1v) is 12.9. The summed E-state index contributed by atoms with van der Waals surface area (Å²) >= 11 is 0. The molecule has 33 heavy (non-hydrogen) atoms. The summed E-state index contributed by atoms with van der Waals surface area (Å²) in [5, 5.41) is 0. The lowest BCUT2D eigenvalue weighted by molar-refractivity contribution is -0.131. The van der Waals surface area contributed by atoms with E-state index in [1.54, 1.807) is 0 Å². The zero-order chi connectivity index (χ0) is 23.8. The van der Waals surface area contributed by atoms with Crippen LogP contribution in [0.4, 0.5) is 5.82 Å². The van der Waals surface area contributed by atoms with Crippen molar-refractivity contribution in [1.82, 2.24) is 14.9 Å². The topological polar surface area (TPSA) is 49.3 Å². The number of aryl methyl sites for hydroxylation is 2. The van der Waals surface area contributed by atoms with Crippen LogP contribution >= 0.6 is 0 Å². The Morgan fingerprint density at radius 3 is 2.33 bits per heavy atom. The van der Waals surface area contributed by atoms with Crippen molar-refractivity contribution < 1.29 is 4.79 Å². The Labute approximate surface area is 200 Å². The molecule has 0 bridgehead atoms. The predicted molar refractivity (Wildman–Crippen MR) is 138 cm³/mol. The normalized spacial score (nSPS) is 14.2. The molecule has 1 saturated heterocycles. The van der Waals surface area contributed by atoms with Crippen molar-refractivity contribution >= 4 is 11.7 Å². The maximum atomic E-state index is 12.7. The fourth-order valence-corrected chi connectivity index (χ4v) is 4.78. The van der Waals surface area contributed by atoms with Gasteiger partial charge in [-0.05, 0) is 32.3 Å². The first-order chi connectivity index (χ1) is 15.9. The highest BCUT2D eigenvalue weighted by molar-refractivity contribution is 5.76. The van der Waals surface area contributed by atoms with Gasteiger partial charge in [0.15, 0.2) is 5.82 Å². The van der Waals surface area contributed by atoms with Crippen LogP contribution in [-0.2, 0) is 4.79 Å². The molecule has 1 aliphatic rings. The Bertz CT molecular complexity index is 916. The number of rotatable bonds is 10. The molecule has 0 unspecified atom stereocenters. The van der Waals surface area contributed by atoms with Crippen molar-refractivity contribution in [3.8, 4) is 11.4 Å². The second-order valence-electron chi connectivity index (χ2n) is 9.78. The smallest absolute Gasteiger partial charge is 0.222 e. The summed E-state index contributed by atoms with van der Waals surface area (Å²) in [5.74, 6) is 2.49. The van der Waals surface area contributed by atoms with E-state index in [1.807, 2.05) is 4.90 Å². The van der Waals surface area contributed by atoms with Crippen LogP contribution in [0.25, 0.3) is 11.4 Å². The second kappa shape index (κ2) is 12.2. The lowest BCUT2D eigenvalue weighted by atomic mass is 10.0. The predicted octanol–water partition coefficient (Wildman–Crippen LogP) is 6.28. The van der Waals surface area contributed by atoms with E-state index in [2.05, 4.69) is 63.8 Å². The molecule has 1 aromatic carbocycles. The number of piperazine rings is 1. The molecule has 3 rings (SSSR count). The number of hydrogen-bond acceptors (Lipinski definition) is 4. The van der Waals surface area contributed by atoms with E-state index in [1.165, 1.54) is 43.2 Å². The fourth-order valence-electron chi connectivity index (χ4n) is 4.78. The van der Waals surface area contributed by atoms with Gasteiger partial charge in [-0.15, -0.1) is 0 Å². The van der Waals surface area contributed by atoms with Crippen LogP contribution in [0.5, 0.6) is 0 Å². The minimum absolute atomic E-state index is 0.313. The zero-order valence-electron chi connectivity index (χ0n) is 21.4. The minimum atomic E-state index is 0.313. The molecule has 0 radical (unpaired) electrons. The van der Waals surface area contributed by atoms with Crippen molar-refractivity contribution in [3.63, 3.8) is 0 Å². The summed E-state index contributed by atoms with van der Waals surface area (Å²) in [6, 6.07) is 8.39. The van der Waals surface area contributed by atoms with Crippen molar-refractivity contribution in [1.29, 1.82) is 0 Å². The molecule has 5 heteroatoms. The van der Waals surface area contributed by atoms with Crippen LogP contribution in [0.2, 0.25) is 0 Å². The molecule has 1 amide bonds. The van der Waals surface area contributed by atoms with E-state index >= 15 is 0 Å². The average Bonchev–Trinajstić information content (AvgIpc) is 2.80. The third-order valence-corrected chi connectivity index (χ3v) is 6.65. The summed E-state index contributed by atoms with van der Waals surface area (Å²) in [6.07, 6.45) is 8.00. The molecule has 5 nitrogen and oxygen atoms in total. The van der Waals surface area contributed by atoms with Crippen LogP contribution < -0.4 is 4.90 Å². The summed E-state index contributed by atoms with van der Waals surface area (Å²) in [6.45, 7) is 14.0. The van der Waals surface area contributed by atoms with E-state index in [4.69, 9.17) is 9.97 Å². The van der Waals surface area contributed by atoms with Crippen molar-refractivity contribution in [2.24, 2.45) is 0 Å². The molecule has 1 aromatic heterocycles. The van der Waals surface area contributed by atoms with Gasteiger partial charge in [-0.2, -0.15) is 0 Å². The van der Waals surface area contributed by atoms with Gasteiger partial charge < -0.3 is 9.80 Å². The van der Waals surface area contributed by atoms with Gasteiger partial charge in [0.2, 0.25) is 5.91 Å². The maximum Gasteiger partial charge on any atom is 0.222 e. The Hall–Kier alpha value is -2.43. The monoisotopic (exact) mass is 450 g/mol. The molecule has 0 N–H and O–H groups in total. The first kappa shape index (κ1) is 25.2. The molecular formula is C28H42N4O. The van der Waals surface area contributed by atoms with E-state index < -0.39 is 0 Å². The van der Waals surface area contributed by atoms with E-state index in [9.17, 15) is 4.79 Å². The molecule has 0 saturated carbocycles. The molecule has 1 fully saturated rings. The molecule has 1 aliphatic heterocycles. The standard InChI is InChI=1S/C28H42N4O/c1-6-7-8-9-10-11-15-25(33)31-16-18-32(19-17-31)28-26(21(2)3)23(5)29-27(30-28)24-14-12-13-22(4)20-24/h12-14,20-21H,6-11,15-19H2,1-5H3. The SMILES string of the molecule is CCCCCCCCC(=O)N1CCN(c2nc(-c3cccc(C)c3)nc(C)c2C(C)C)CC1. The maximum absolute atomic E-state index is 12.7. The fraction of sp³-hybridized carbons (Fsp3) is 0.607. The first-order valence-electron chi connectivity index (χ1n) is 12.9. The van der Waals surface area contributed by atoms with Gasteiger partial charge in [0.05, 0.1) is 0 Å². The average molecular weight is 451 g/mol. The van der Waals surface area contributed by atoms with Crippen LogP contribution in [0.1, 0.15) is 88.5 Å². The van der Waals surface area contributed by atoms with Crippen LogP contribution in [0.15, 0.2) is 24.3 Å². The number of aromatic nitrogens is 2. The second-order valence-corrected chi connectivity index (χ2v) is 9.78. The molecule has 0 spiro atoms. The Morgan fingerprint density at radius 1 is 0.970 bits per heavy atom. The lowest BCUT2D eigenvalue weighted by Gasteiger charge is -2.37. The number of amides is 1. The van der Waals surface area contributed by atoms with Gasteiger partial charge in [0.1, 0.15) is 5.82 Å². The molecule has 180 valence electrons. The van der Waals surface area contributed by atoms with Crippen molar-refractivity contribution in [3.05, 3.63) is 41.1 Å². The third-order valence-electron chi connectivity index (χ3n) is 6.65. The molecule has 2 aromatic rings. The van der Waals surface area contributed by atoms with E-state index in [0.717, 1.165) is 55.5 Å². The van der Waals surface area contributed by atoms with Crippen molar-refractivity contribution in [2.75, 3.05) is 31.1 Å². The van der Waals surface area contributed by atoms with Crippen molar-refractivity contribution in [2.45, 2.75) is 85.5 Å². The quantitative estimate of drug-likeness (QED) is 0.400. The van der Waals surface area contributed by atoms with Crippen LogP contribution in [-0.4, -0.2) is 47.0 Å². The highest BCUT2D eigenvalue weighted by atomic mass is 16.2. The number of carbonyl (C=O) groups excluding carboxylic acids is 1. The summed E-state index contributed by atoms with van der Waals surface area (Å²) in [7, 11) is 0. The van der Waals surface area contributed by atoms with Crippen LogP contribution in [0, 0.1) is 13.8 Å². The molecular weight excluding hydrogens is 408 g/mol. The third kappa shape index (κ3) is 6.78. The van der Waals surface area contributed by atoms with Gasteiger partial charge in [-0.1, -0.05) is 76.6 Å². The van der Waals surface area contributed by atoms with Gasteiger partial charge in [0.25, 0.3) is 0 Å². The number of carbonyl (C=O) groups is 1.